The number of aromatic amines is 1. The molecule has 0 spiro atoms. The molecule has 114 valence electrons. The molecule has 0 aliphatic carbocycles. The summed E-state index contributed by atoms with van der Waals surface area (Å²) in [5, 5.41) is 0. The summed E-state index contributed by atoms with van der Waals surface area (Å²) in [6.07, 6.45) is 2.96. The van der Waals surface area contributed by atoms with Crippen LogP contribution in [0.1, 0.15) is 24.2 Å². The number of ether oxygens (including phenoxy) is 1. The van der Waals surface area contributed by atoms with Gasteiger partial charge in [0.15, 0.2) is 4.77 Å². The minimum atomic E-state index is 0.243. The Morgan fingerprint density at radius 2 is 2.14 bits per heavy atom. The van der Waals surface area contributed by atoms with Crippen LogP contribution in [-0.4, -0.2) is 35.7 Å². The molecule has 1 atom stereocenters. The van der Waals surface area contributed by atoms with Gasteiger partial charge in [0.05, 0.1) is 13.2 Å². The van der Waals surface area contributed by atoms with Crippen molar-refractivity contribution in [1.29, 1.82) is 0 Å². The minimum Gasteiger partial charge on any atom is -0.497 e. The van der Waals surface area contributed by atoms with Crippen molar-refractivity contribution >= 4 is 12.2 Å². The van der Waals surface area contributed by atoms with Crippen molar-refractivity contribution in [2.75, 3.05) is 21.2 Å². The highest BCUT2D eigenvalue weighted by molar-refractivity contribution is 7.71. The smallest absolute Gasteiger partial charge is 0.177 e. The molecule has 2 rings (SSSR count). The van der Waals surface area contributed by atoms with Crippen LogP contribution in [0.5, 0.6) is 5.75 Å². The zero-order valence-electron chi connectivity index (χ0n) is 13.1. The second kappa shape index (κ2) is 6.91. The molecule has 1 N–H and O–H groups in total. The van der Waals surface area contributed by atoms with E-state index in [2.05, 4.69) is 47.6 Å². The minimum absolute atomic E-state index is 0.243. The lowest BCUT2D eigenvalue weighted by Gasteiger charge is -2.26. The van der Waals surface area contributed by atoms with E-state index in [4.69, 9.17) is 17.0 Å². The second-order valence-corrected chi connectivity index (χ2v) is 5.69. The Bertz CT molecular complexity index is 645. The maximum Gasteiger partial charge on any atom is 0.177 e. The van der Waals surface area contributed by atoms with Crippen molar-refractivity contribution < 1.29 is 4.74 Å². The number of likely N-dealkylation sites (N-methyl/N-ethyl adjacent to an activating group) is 1. The van der Waals surface area contributed by atoms with Crippen LogP contribution in [0, 0.1) is 4.77 Å². The van der Waals surface area contributed by atoms with Crippen molar-refractivity contribution in [3.63, 3.8) is 0 Å². The fraction of sp³-hybridized carbons (Fsp3) is 0.438. The Kier molecular flexibility index (Phi) is 5.20. The highest BCUT2D eigenvalue weighted by Gasteiger charge is 2.17. The summed E-state index contributed by atoms with van der Waals surface area (Å²) in [7, 11) is 5.87. The normalized spacial score (nSPS) is 12.6. The topological polar surface area (TPSA) is 33.2 Å². The van der Waals surface area contributed by atoms with Crippen LogP contribution in [0.4, 0.5) is 0 Å². The number of H-pyrrole nitrogens is 1. The quantitative estimate of drug-likeness (QED) is 0.830. The largest absolute Gasteiger partial charge is 0.497 e. The van der Waals surface area contributed by atoms with Gasteiger partial charge in [0.25, 0.3) is 0 Å². The van der Waals surface area contributed by atoms with Crippen LogP contribution in [0.15, 0.2) is 30.5 Å². The van der Waals surface area contributed by atoms with Crippen LogP contribution < -0.4 is 4.74 Å². The number of benzene rings is 1. The fourth-order valence-electron chi connectivity index (χ4n) is 2.51. The zero-order valence-corrected chi connectivity index (χ0v) is 13.9. The number of hydrogen-bond acceptors (Lipinski definition) is 3. The molecule has 1 aromatic heterocycles. The Balaban J connectivity index is 2.35. The third kappa shape index (κ3) is 3.54. The van der Waals surface area contributed by atoms with Gasteiger partial charge >= 0.3 is 0 Å². The summed E-state index contributed by atoms with van der Waals surface area (Å²) in [5.41, 5.74) is 2.46. The average Bonchev–Trinajstić information content (AvgIpc) is 2.84. The van der Waals surface area contributed by atoms with Crippen LogP contribution in [0.3, 0.4) is 0 Å². The van der Waals surface area contributed by atoms with E-state index in [1.54, 1.807) is 7.11 Å². The molecule has 0 fully saturated rings. The standard InChI is InChI=1S/C16H23N3OS/c1-5-13-10-17-16(21)19(13)11-15(18(2)3)12-7-6-8-14(9-12)20-4/h6-10,15H,5,11H2,1-4H3,(H,17,21). The molecule has 1 heterocycles. The lowest BCUT2D eigenvalue weighted by molar-refractivity contribution is 0.265. The molecular formula is C16H23N3OS. The van der Waals surface area contributed by atoms with E-state index in [-0.39, 0.29) is 6.04 Å². The van der Waals surface area contributed by atoms with Crippen molar-refractivity contribution in [2.24, 2.45) is 0 Å². The van der Waals surface area contributed by atoms with Gasteiger partial charge in [-0.1, -0.05) is 19.1 Å². The van der Waals surface area contributed by atoms with Gasteiger partial charge in [-0.25, -0.2) is 0 Å². The molecule has 0 radical (unpaired) electrons. The number of rotatable bonds is 6. The molecule has 2 aromatic rings. The van der Waals surface area contributed by atoms with Crippen LogP contribution in [-0.2, 0) is 13.0 Å². The van der Waals surface area contributed by atoms with E-state index < -0.39 is 0 Å². The van der Waals surface area contributed by atoms with Crippen molar-refractivity contribution in [2.45, 2.75) is 25.9 Å². The molecule has 0 amide bonds. The summed E-state index contributed by atoms with van der Waals surface area (Å²) in [6.45, 7) is 2.97. The summed E-state index contributed by atoms with van der Waals surface area (Å²) in [6, 6.07) is 8.46. The molecule has 0 bridgehead atoms. The maximum absolute atomic E-state index is 5.41. The lowest BCUT2D eigenvalue weighted by atomic mass is 10.1. The van der Waals surface area contributed by atoms with E-state index in [0.717, 1.165) is 23.5 Å². The lowest BCUT2D eigenvalue weighted by Crippen LogP contribution is -2.25. The maximum atomic E-state index is 5.41. The molecular weight excluding hydrogens is 282 g/mol. The van der Waals surface area contributed by atoms with E-state index in [1.807, 2.05) is 18.3 Å². The zero-order chi connectivity index (χ0) is 15.4. The second-order valence-electron chi connectivity index (χ2n) is 5.31. The fourth-order valence-corrected chi connectivity index (χ4v) is 2.76. The summed E-state index contributed by atoms with van der Waals surface area (Å²) < 4.78 is 8.30. The molecule has 0 saturated carbocycles. The van der Waals surface area contributed by atoms with Gasteiger partial charge in [0, 0.05) is 18.4 Å². The number of aryl methyl sites for hydroxylation is 1. The number of nitrogens with one attached hydrogen (secondary N) is 1. The Hall–Kier alpha value is -1.59. The summed E-state index contributed by atoms with van der Waals surface area (Å²) >= 11 is 5.41. The number of methoxy groups -OCH3 is 1. The highest BCUT2D eigenvalue weighted by Crippen LogP contribution is 2.25. The van der Waals surface area contributed by atoms with Crippen molar-refractivity contribution in [3.05, 3.63) is 46.5 Å². The van der Waals surface area contributed by atoms with Gasteiger partial charge in [-0.2, -0.15) is 0 Å². The third-order valence-electron chi connectivity index (χ3n) is 3.77. The molecule has 5 heteroatoms. The van der Waals surface area contributed by atoms with E-state index in [9.17, 15) is 0 Å². The van der Waals surface area contributed by atoms with E-state index in [1.165, 1.54) is 11.3 Å². The number of aromatic nitrogens is 2. The number of nitrogens with zero attached hydrogens (tertiary/aromatic N) is 2. The average molecular weight is 305 g/mol. The van der Waals surface area contributed by atoms with Gasteiger partial charge in [0.1, 0.15) is 5.75 Å². The summed E-state index contributed by atoms with van der Waals surface area (Å²) in [4.78, 5) is 5.35. The van der Waals surface area contributed by atoms with Crippen LogP contribution >= 0.6 is 12.2 Å². The molecule has 0 aliphatic heterocycles. The molecule has 0 saturated heterocycles. The Morgan fingerprint density at radius 1 is 1.38 bits per heavy atom. The predicted molar refractivity (Wildman–Crippen MR) is 88.4 cm³/mol. The Labute approximate surface area is 131 Å². The first-order valence-electron chi connectivity index (χ1n) is 7.14. The van der Waals surface area contributed by atoms with Gasteiger partial charge in [0.2, 0.25) is 0 Å². The molecule has 21 heavy (non-hydrogen) atoms. The first-order chi connectivity index (χ1) is 10.1. The number of imidazole rings is 1. The number of hydrogen-bond donors (Lipinski definition) is 1. The molecule has 0 aliphatic rings. The molecule has 1 aromatic carbocycles. The first-order valence-corrected chi connectivity index (χ1v) is 7.55. The van der Waals surface area contributed by atoms with Gasteiger partial charge in [-0.05, 0) is 50.4 Å². The predicted octanol–water partition coefficient (Wildman–Crippen LogP) is 3.42. The molecule has 4 nitrogen and oxygen atoms in total. The monoisotopic (exact) mass is 305 g/mol. The third-order valence-corrected chi connectivity index (χ3v) is 4.11. The van der Waals surface area contributed by atoms with E-state index in [0.29, 0.717) is 0 Å². The SMILES string of the molecule is CCc1c[nH]c(=S)n1CC(c1cccc(OC)c1)N(C)C. The van der Waals surface area contributed by atoms with Crippen LogP contribution in [0.2, 0.25) is 0 Å². The summed E-state index contributed by atoms with van der Waals surface area (Å²) in [5.74, 6) is 0.882. The Morgan fingerprint density at radius 3 is 2.76 bits per heavy atom. The van der Waals surface area contributed by atoms with E-state index >= 15 is 0 Å². The van der Waals surface area contributed by atoms with Crippen LogP contribution in [0.25, 0.3) is 0 Å². The van der Waals surface area contributed by atoms with Gasteiger partial charge in [-0.3, -0.25) is 0 Å². The first kappa shape index (κ1) is 15.8. The highest BCUT2D eigenvalue weighted by atomic mass is 32.1. The van der Waals surface area contributed by atoms with Gasteiger partial charge in [-0.15, -0.1) is 0 Å². The molecule has 1 unspecified atom stereocenters. The van der Waals surface area contributed by atoms with Gasteiger partial charge < -0.3 is 19.2 Å². The van der Waals surface area contributed by atoms with Crippen molar-refractivity contribution in [1.82, 2.24) is 14.5 Å². The van der Waals surface area contributed by atoms with Crippen molar-refractivity contribution in [3.8, 4) is 5.75 Å².